The Morgan fingerprint density at radius 3 is 2.30 bits per heavy atom. The Labute approximate surface area is 236 Å². The predicted molar refractivity (Wildman–Crippen MR) is 150 cm³/mol. The molecule has 40 heavy (non-hydrogen) atoms. The Kier molecular flexibility index (Phi) is 7.31. The van der Waals surface area contributed by atoms with Gasteiger partial charge in [-0.05, 0) is 60.4 Å². The van der Waals surface area contributed by atoms with Crippen LogP contribution in [-0.2, 0) is 17.5 Å². The summed E-state index contributed by atoms with van der Waals surface area (Å²) in [6.45, 7) is 3.48. The summed E-state index contributed by atoms with van der Waals surface area (Å²) in [5, 5.41) is 0.629. The molecule has 1 aliphatic heterocycles. The lowest BCUT2D eigenvalue weighted by Gasteiger charge is -2.36. The number of hydrogen-bond donors (Lipinski definition) is 0. The van der Waals surface area contributed by atoms with Crippen molar-refractivity contribution in [3.8, 4) is 22.4 Å². The summed E-state index contributed by atoms with van der Waals surface area (Å²) in [6, 6.07) is 16.5. The van der Waals surface area contributed by atoms with E-state index >= 15 is 0 Å². The molecule has 1 saturated carbocycles. The van der Waals surface area contributed by atoms with Crippen LogP contribution in [0.1, 0.15) is 36.9 Å². The van der Waals surface area contributed by atoms with Crippen LogP contribution in [0.5, 0.6) is 0 Å². The highest BCUT2D eigenvalue weighted by atomic mass is 35.5. The second-order valence-electron chi connectivity index (χ2n) is 10.7. The normalized spacial score (nSPS) is 17.1. The zero-order chi connectivity index (χ0) is 27.9. The fourth-order valence-electron chi connectivity index (χ4n) is 5.90. The van der Waals surface area contributed by atoms with Crippen molar-refractivity contribution < 1.29 is 18.0 Å². The van der Waals surface area contributed by atoms with Gasteiger partial charge in [0.1, 0.15) is 5.65 Å². The molecule has 1 amide bonds. The van der Waals surface area contributed by atoms with Crippen molar-refractivity contribution in [2.75, 3.05) is 26.2 Å². The number of piperazine rings is 1. The molecule has 4 aromatic rings. The van der Waals surface area contributed by atoms with E-state index in [4.69, 9.17) is 16.6 Å². The number of benzene rings is 2. The SMILES string of the molecule is O=C(C1CCCC1)N1CCN(Cc2c(-c3ccc(Cl)cc3)nc3ccc(-c4cccc(C(F)(F)F)c4)cn23)CC1. The molecule has 1 aliphatic carbocycles. The second-order valence-corrected chi connectivity index (χ2v) is 11.2. The summed E-state index contributed by atoms with van der Waals surface area (Å²) in [6.07, 6.45) is 1.73. The van der Waals surface area contributed by atoms with E-state index in [2.05, 4.69) is 4.90 Å². The minimum atomic E-state index is -4.41. The molecule has 9 heteroatoms. The van der Waals surface area contributed by atoms with Crippen LogP contribution in [0.2, 0.25) is 5.02 Å². The molecule has 2 fully saturated rings. The van der Waals surface area contributed by atoms with E-state index in [0.717, 1.165) is 61.8 Å². The molecule has 5 nitrogen and oxygen atoms in total. The van der Waals surface area contributed by atoms with Gasteiger partial charge in [0.15, 0.2) is 0 Å². The first-order valence-corrected chi connectivity index (χ1v) is 14.1. The van der Waals surface area contributed by atoms with E-state index in [1.54, 1.807) is 12.1 Å². The first-order chi connectivity index (χ1) is 19.3. The smallest absolute Gasteiger partial charge is 0.340 e. The molecule has 0 unspecified atom stereocenters. The van der Waals surface area contributed by atoms with Crippen molar-refractivity contribution in [1.29, 1.82) is 0 Å². The van der Waals surface area contributed by atoms with Crippen molar-refractivity contribution >= 4 is 23.2 Å². The number of rotatable bonds is 5. The number of pyridine rings is 1. The van der Waals surface area contributed by atoms with Gasteiger partial charge >= 0.3 is 6.18 Å². The maximum Gasteiger partial charge on any atom is 0.416 e. The molecule has 0 bridgehead atoms. The van der Waals surface area contributed by atoms with Gasteiger partial charge in [0, 0.05) is 55.4 Å². The molecule has 3 heterocycles. The maximum absolute atomic E-state index is 13.4. The minimum Gasteiger partial charge on any atom is -0.340 e. The summed E-state index contributed by atoms with van der Waals surface area (Å²) >= 11 is 6.15. The third-order valence-electron chi connectivity index (χ3n) is 8.12. The summed E-state index contributed by atoms with van der Waals surface area (Å²) in [4.78, 5) is 22.2. The van der Waals surface area contributed by atoms with Crippen molar-refractivity contribution in [3.63, 3.8) is 0 Å². The van der Waals surface area contributed by atoms with Crippen LogP contribution < -0.4 is 0 Å². The minimum absolute atomic E-state index is 0.177. The Balaban J connectivity index is 1.32. The predicted octanol–water partition coefficient (Wildman–Crippen LogP) is 7.17. The highest BCUT2D eigenvalue weighted by molar-refractivity contribution is 6.30. The van der Waals surface area contributed by atoms with Gasteiger partial charge in [-0.25, -0.2) is 4.98 Å². The first-order valence-electron chi connectivity index (χ1n) is 13.7. The van der Waals surface area contributed by atoms with Crippen molar-refractivity contribution in [2.24, 2.45) is 5.92 Å². The lowest BCUT2D eigenvalue weighted by atomic mass is 10.0. The maximum atomic E-state index is 13.4. The number of carbonyl (C=O) groups is 1. The largest absolute Gasteiger partial charge is 0.416 e. The number of imidazole rings is 1. The highest BCUT2D eigenvalue weighted by Gasteiger charge is 2.31. The molecule has 0 atom stereocenters. The van der Waals surface area contributed by atoms with Gasteiger partial charge in [0.25, 0.3) is 0 Å². The number of aromatic nitrogens is 2. The van der Waals surface area contributed by atoms with Gasteiger partial charge in [0.2, 0.25) is 5.91 Å². The summed E-state index contributed by atoms with van der Waals surface area (Å²) in [5.41, 5.74) is 3.87. The first kappa shape index (κ1) is 26.8. The number of halogens is 4. The van der Waals surface area contributed by atoms with Crippen LogP contribution in [0, 0.1) is 5.92 Å². The van der Waals surface area contributed by atoms with Gasteiger partial charge in [-0.1, -0.05) is 48.7 Å². The summed E-state index contributed by atoms with van der Waals surface area (Å²) < 4.78 is 42.2. The number of hydrogen-bond acceptors (Lipinski definition) is 3. The van der Waals surface area contributed by atoms with E-state index < -0.39 is 11.7 Å². The zero-order valence-corrected chi connectivity index (χ0v) is 22.8. The molecule has 0 spiro atoms. The third-order valence-corrected chi connectivity index (χ3v) is 8.37. The molecule has 0 N–H and O–H groups in total. The number of fused-ring (bicyclic) bond motifs is 1. The average Bonchev–Trinajstić information content (AvgIpc) is 3.62. The fraction of sp³-hybridized carbons (Fsp3) is 0.355. The molecule has 2 aromatic carbocycles. The van der Waals surface area contributed by atoms with Gasteiger partial charge in [0.05, 0.1) is 17.0 Å². The van der Waals surface area contributed by atoms with Crippen molar-refractivity contribution in [2.45, 2.75) is 38.4 Å². The van der Waals surface area contributed by atoms with Gasteiger partial charge in [-0.15, -0.1) is 0 Å². The van der Waals surface area contributed by atoms with Gasteiger partial charge in [-0.3, -0.25) is 9.69 Å². The molecule has 2 aliphatic rings. The van der Waals surface area contributed by atoms with E-state index in [-0.39, 0.29) is 5.92 Å². The van der Waals surface area contributed by atoms with Crippen LogP contribution in [-0.4, -0.2) is 51.3 Å². The van der Waals surface area contributed by atoms with Crippen LogP contribution >= 0.6 is 11.6 Å². The molecular formula is C31H30ClF3N4O. The molecule has 0 radical (unpaired) electrons. The number of amides is 1. The Hall–Kier alpha value is -3.36. The standard InChI is InChI=1S/C31H30ClF3N4O/c32-26-11-8-21(9-12-26)29-27(20-37-14-16-38(17-15-37)30(40)22-4-1-2-5-22)39-19-24(10-13-28(39)36-29)23-6-3-7-25(18-23)31(33,34)35/h3,6-13,18-19,22H,1-2,4-5,14-17,20H2. The molecule has 208 valence electrons. The Morgan fingerprint density at radius 2 is 1.60 bits per heavy atom. The summed E-state index contributed by atoms with van der Waals surface area (Å²) in [5.74, 6) is 0.468. The lowest BCUT2D eigenvalue weighted by molar-refractivity contribution is -0.138. The van der Waals surface area contributed by atoms with E-state index in [1.807, 2.05) is 45.8 Å². The van der Waals surface area contributed by atoms with E-state index in [1.165, 1.54) is 12.1 Å². The Bertz CT molecular complexity index is 1520. The van der Waals surface area contributed by atoms with E-state index in [0.29, 0.717) is 47.3 Å². The second kappa shape index (κ2) is 10.9. The van der Waals surface area contributed by atoms with Gasteiger partial charge < -0.3 is 9.30 Å². The monoisotopic (exact) mass is 566 g/mol. The molecule has 1 saturated heterocycles. The van der Waals surface area contributed by atoms with Crippen molar-refractivity contribution in [3.05, 3.63) is 83.1 Å². The topological polar surface area (TPSA) is 40.9 Å². The number of alkyl halides is 3. The van der Waals surface area contributed by atoms with E-state index in [9.17, 15) is 18.0 Å². The van der Waals surface area contributed by atoms with Gasteiger partial charge in [-0.2, -0.15) is 13.2 Å². The number of carbonyl (C=O) groups excluding carboxylic acids is 1. The Morgan fingerprint density at radius 1 is 0.900 bits per heavy atom. The summed E-state index contributed by atoms with van der Waals surface area (Å²) in [7, 11) is 0. The molecule has 2 aromatic heterocycles. The average molecular weight is 567 g/mol. The molecule has 6 rings (SSSR count). The quantitative estimate of drug-likeness (QED) is 0.257. The highest BCUT2D eigenvalue weighted by Crippen LogP contribution is 2.34. The fourth-order valence-corrected chi connectivity index (χ4v) is 6.02. The van der Waals surface area contributed by atoms with Crippen LogP contribution in [0.3, 0.4) is 0 Å². The number of nitrogens with zero attached hydrogens (tertiary/aromatic N) is 4. The van der Waals surface area contributed by atoms with Crippen molar-refractivity contribution in [1.82, 2.24) is 19.2 Å². The zero-order valence-electron chi connectivity index (χ0n) is 22.0. The van der Waals surface area contributed by atoms with Crippen LogP contribution in [0.15, 0.2) is 66.9 Å². The van der Waals surface area contributed by atoms with Crippen LogP contribution in [0.25, 0.3) is 28.0 Å². The molecular weight excluding hydrogens is 537 g/mol. The third kappa shape index (κ3) is 5.47. The van der Waals surface area contributed by atoms with Crippen LogP contribution in [0.4, 0.5) is 13.2 Å². The lowest BCUT2D eigenvalue weighted by Crippen LogP contribution is -2.49.